The van der Waals surface area contributed by atoms with Gasteiger partial charge in [-0.2, -0.15) is 5.26 Å². The Kier molecular flexibility index (Phi) is 2.55. The van der Waals surface area contributed by atoms with Crippen molar-refractivity contribution in [3.05, 3.63) is 29.3 Å². The summed E-state index contributed by atoms with van der Waals surface area (Å²) in [6, 6.07) is 4.42. The minimum atomic E-state index is -1.04. The Morgan fingerprint density at radius 2 is 1.80 bits per heavy atom. The van der Waals surface area contributed by atoms with Crippen molar-refractivity contribution in [1.29, 1.82) is 5.26 Å². The molecule has 1 aliphatic heterocycles. The van der Waals surface area contributed by atoms with E-state index >= 15 is 0 Å². The van der Waals surface area contributed by atoms with Crippen molar-refractivity contribution in [3.63, 3.8) is 0 Å². The van der Waals surface area contributed by atoms with Gasteiger partial charge in [-0.1, -0.05) is 0 Å². The summed E-state index contributed by atoms with van der Waals surface area (Å²) >= 11 is 0. The van der Waals surface area contributed by atoms with E-state index in [1.807, 2.05) is 0 Å². The van der Waals surface area contributed by atoms with Crippen molar-refractivity contribution >= 4 is 5.69 Å². The highest BCUT2D eigenvalue weighted by atomic mass is 19.2. The molecule has 78 valence electrons. The summed E-state index contributed by atoms with van der Waals surface area (Å²) < 4.78 is 26.8. The van der Waals surface area contributed by atoms with Gasteiger partial charge in [0, 0.05) is 13.1 Å². The van der Waals surface area contributed by atoms with Crippen LogP contribution in [0.2, 0.25) is 0 Å². The summed E-state index contributed by atoms with van der Waals surface area (Å²) in [5.41, 5.74) is 0.0273. The van der Waals surface area contributed by atoms with Gasteiger partial charge < -0.3 is 4.90 Å². The van der Waals surface area contributed by atoms with E-state index in [2.05, 4.69) is 0 Å². The molecule has 0 aliphatic carbocycles. The maximum atomic E-state index is 13.5. The molecule has 2 rings (SSSR count). The van der Waals surface area contributed by atoms with E-state index < -0.39 is 11.6 Å². The van der Waals surface area contributed by atoms with Crippen LogP contribution in [0.25, 0.3) is 0 Å². The van der Waals surface area contributed by atoms with E-state index in [1.54, 1.807) is 11.0 Å². The molecule has 0 unspecified atom stereocenters. The Hall–Kier alpha value is -1.63. The van der Waals surface area contributed by atoms with E-state index in [9.17, 15) is 8.78 Å². The third kappa shape index (κ3) is 1.65. The highest BCUT2D eigenvalue weighted by molar-refractivity contribution is 5.52. The van der Waals surface area contributed by atoms with Crippen LogP contribution >= 0.6 is 0 Å². The van der Waals surface area contributed by atoms with Gasteiger partial charge in [0.2, 0.25) is 0 Å². The summed E-state index contributed by atoms with van der Waals surface area (Å²) in [7, 11) is 0. The van der Waals surface area contributed by atoms with Crippen LogP contribution in [0.3, 0.4) is 0 Å². The second kappa shape index (κ2) is 3.85. The van der Waals surface area contributed by atoms with Crippen molar-refractivity contribution in [3.8, 4) is 6.07 Å². The molecule has 2 nitrogen and oxygen atoms in total. The highest BCUT2D eigenvalue weighted by Gasteiger charge is 2.20. The largest absolute Gasteiger partial charge is 0.369 e. The lowest BCUT2D eigenvalue weighted by atomic mass is 10.2. The van der Waals surface area contributed by atoms with Gasteiger partial charge in [-0.25, -0.2) is 8.78 Å². The third-order valence-corrected chi connectivity index (χ3v) is 2.63. The summed E-state index contributed by atoms with van der Waals surface area (Å²) in [5.74, 6) is -1.95. The Bertz CT molecular complexity index is 417. The van der Waals surface area contributed by atoms with E-state index in [4.69, 9.17) is 5.26 Å². The first-order valence-corrected chi connectivity index (χ1v) is 4.87. The average molecular weight is 208 g/mol. The van der Waals surface area contributed by atoms with Crippen LogP contribution in [0.5, 0.6) is 0 Å². The molecule has 0 N–H and O–H groups in total. The zero-order valence-corrected chi connectivity index (χ0v) is 8.13. The molecule has 0 spiro atoms. The van der Waals surface area contributed by atoms with E-state index in [1.165, 1.54) is 12.1 Å². The highest BCUT2D eigenvalue weighted by Crippen LogP contribution is 2.26. The molecule has 0 atom stereocenters. The lowest BCUT2D eigenvalue weighted by Crippen LogP contribution is -2.19. The van der Waals surface area contributed by atoms with Crippen molar-refractivity contribution in [2.75, 3.05) is 18.0 Å². The number of nitriles is 1. The molecule has 1 aliphatic rings. The molecule has 15 heavy (non-hydrogen) atoms. The zero-order valence-electron chi connectivity index (χ0n) is 8.13. The lowest BCUT2D eigenvalue weighted by molar-refractivity contribution is 0.505. The number of rotatable bonds is 1. The van der Waals surface area contributed by atoms with Gasteiger partial charge >= 0.3 is 0 Å². The molecule has 0 amide bonds. The Balaban J connectivity index is 2.42. The number of benzene rings is 1. The van der Waals surface area contributed by atoms with Gasteiger partial charge in [-0.3, -0.25) is 0 Å². The first kappa shape index (κ1) is 9.91. The first-order chi connectivity index (χ1) is 7.24. The van der Waals surface area contributed by atoms with E-state index in [0.717, 1.165) is 25.9 Å². The first-order valence-electron chi connectivity index (χ1n) is 4.87. The van der Waals surface area contributed by atoms with Crippen LogP contribution in [-0.2, 0) is 0 Å². The molecule has 1 aromatic carbocycles. The molecule has 1 saturated heterocycles. The molecule has 0 saturated carbocycles. The van der Waals surface area contributed by atoms with Gasteiger partial charge in [-0.05, 0) is 25.0 Å². The number of hydrogen-bond donors (Lipinski definition) is 0. The van der Waals surface area contributed by atoms with Gasteiger partial charge in [0.15, 0.2) is 11.6 Å². The predicted molar refractivity (Wildman–Crippen MR) is 52.5 cm³/mol. The van der Waals surface area contributed by atoms with Crippen LogP contribution in [0, 0.1) is 23.0 Å². The normalized spacial score (nSPS) is 15.4. The van der Waals surface area contributed by atoms with Gasteiger partial charge in [0.1, 0.15) is 6.07 Å². The summed E-state index contributed by atoms with van der Waals surface area (Å²) in [6.45, 7) is 1.50. The average Bonchev–Trinajstić information content (AvgIpc) is 2.75. The SMILES string of the molecule is N#Cc1ccc(N2CCCC2)c(F)c1F. The minimum absolute atomic E-state index is 0.240. The number of hydrogen-bond acceptors (Lipinski definition) is 2. The Labute approximate surface area is 86.7 Å². The fourth-order valence-electron chi connectivity index (χ4n) is 1.83. The standard InChI is InChI=1S/C11H10F2N2/c12-10-8(7-14)3-4-9(11(10)13)15-5-1-2-6-15/h3-4H,1-2,5-6H2. The van der Waals surface area contributed by atoms with Crippen LogP contribution in [-0.4, -0.2) is 13.1 Å². The lowest BCUT2D eigenvalue weighted by Gasteiger charge is -2.18. The van der Waals surface area contributed by atoms with Gasteiger partial charge in [-0.15, -0.1) is 0 Å². The molecule has 0 radical (unpaired) electrons. The van der Waals surface area contributed by atoms with E-state index in [0.29, 0.717) is 0 Å². The quantitative estimate of drug-likeness (QED) is 0.708. The molecule has 0 aromatic heterocycles. The molecular formula is C11H10F2N2. The zero-order chi connectivity index (χ0) is 10.8. The topological polar surface area (TPSA) is 27.0 Å². The smallest absolute Gasteiger partial charge is 0.183 e. The molecule has 1 aromatic rings. The maximum absolute atomic E-state index is 13.5. The number of halogens is 2. The molecule has 4 heteroatoms. The van der Waals surface area contributed by atoms with Crippen LogP contribution in [0.1, 0.15) is 18.4 Å². The van der Waals surface area contributed by atoms with Crippen molar-refractivity contribution in [2.24, 2.45) is 0 Å². The van der Waals surface area contributed by atoms with E-state index in [-0.39, 0.29) is 11.3 Å². The monoisotopic (exact) mass is 208 g/mol. The second-order valence-corrected chi connectivity index (χ2v) is 3.57. The van der Waals surface area contributed by atoms with Crippen LogP contribution in [0.4, 0.5) is 14.5 Å². The summed E-state index contributed by atoms with van der Waals surface area (Å²) in [4.78, 5) is 1.81. The molecule has 0 bridgehead atoms. The number of anilines is 1. The summed E-state index contributed by atoms with van der Waals surface area (Å²) in [5, 5.41) is 8.53. The fourth-order valence-corrected chi connectivity index (χ4v) is 1.83. The van der Waals surface area contributed by atoms with Crippen LogP contribution < -0.4 is 4.90 Å². The van der Waals surface area contributed by atoms with Gasteiger partial charge in [0.05, 0.1) is 11.3 Å². The molecule has 1 fully saturated rings. The fraction of sp³-hybridized carbons (Fsp3) is 0.364. The van der Waals surface area contributed by atoms with Gasteiger partial charge in [0.25, 0.3) is 0 Å². The number of nitrogens with zero attached hydrogens (tertiary/aromatic N) is 2. The Morgan fingerprint density at radius 1 is 1.13 bits per heavy atom. The third-order valence-electron chi connectivity index (χ3n) is 2.63. The predicted octanol–water partition coefficient (Wildman–Crippen LogP) is 2.44. The van der Waals surface area contributed by atoms with Crippen molar-refractivity contribution < 1.29 is 8.78 Å². The molecule has 1 heterocycles. The van der Waals surface area contributed by atoms with Crippen molar-refractivity contribution in [1.82, 2.24) is 0 Å². The van der Waals surface area contributed by atoms with Crippen molar-refractivity contribution in [2.45, 2.75) is 12.8 Å². The summed E-state index contributed by atoms with van der Waals surface area (Å²) in [6.07, 6.45) is 2.00. The second-order valence-electron chi connectivity index (χ2n) is 3.57. The van der Waals surface area contributed by atoms with Crippen LogP contribution in [0.15, 0.2) is 12.1 Å². The molecular weight excluding hydrogens is 198 g/mol. The maximum Gasteiger partial charge on any atom is 0.183 e. The Morgan fingerprint density at radius 3 is 2.40 bits per heavy atom. The minimum Gasteiger partial charge on any atom is -0.369 e.